The Bertz CT molecular complexity index is 902. The molecular formula is C16H12Br6O4S. The number of hydrogen-bond donors (Lipinski definition) is 0. The highest BCUT2D eigenvalue weighted by Crippen LogP contribution is 2.40. The van der Waals surface area contributed by atoms with E-state index in [-0.39, 0.29) is 14.6 Å². The summed E-state index contributed by atoms with van der Waals surface area (Å²) in [6.45, 7) is 0.424. The zero-order chi connectivity index (χ0) is 20.4. The van der Waals surface area contributed by atoms with Crippen LogP contribution in [0.2, 0.25) is 0 Å². The predicted octanol–water partition coefficient (Wildman–Crippen LogP) is 7.12. The Labute approximate surface area is 208 Å². The fraction of sp³-hybridized carbons (Fsp3) is 0.250. The quantitative estimate of drug-likeness (QED) is 0.282. The van der Waals surface area contributed by atoms with Gasteiger partial charge in [0.1, 0.15) is 18.1 Å². The van der Waals surface area contributed by atoms with Gasteiger partial charge in [0.2, 0.25) is 9.84 Å². The van der Waals surface area contributed by atoms with Crippen molar-refractivity contribution in [3.63, 3.8) is 0 Å². The van der Waals surface area contributed by atoms with Crippen molar-refractivity contribution in [2.24, 2.45) is 0 Å². The normalized spacial score (nSPS) is 12.7. The summed E-state index contributed by atoms with van der Waals surface area (Å²) in [4.78, 5) is 0.400. The highest BCUT2D eigenvalue weighted by molar-refractivity contribution is 9.12. The van der Waals surface area contributed by atoms with Gasteiger partial charge in [-0.15, -0.1) is 0 Å². The summed E-state index contributed by atoms with van der Waals surface area (Å²) < 4.78 is 39.3. The van der Waals surface area contributed by atoms with E-state index in [9.17, 15) is 8.42 Å². The average Bonchev–Trinajstić information content (AvgIpc) is 2.60. The van der Waals surface area contributed by atoms with Crippen LogP contribution in [-0.4, -0.2) is 32.3 Å². The first kappa shape index (κ1) is 24.1. The predicted molar refractivity (Wildman–Crippen MR) is 128 cm³/mol. The first-order chi connectivity index (χ1) is 12.6. The van der Waals surface area contributed by atoms with Gasteiger partial charge in [-0.05, 0) is 88.0 Å². The zero-order valence-corrected chi connectivity index (χ0v) is 23.9. The minimum atomic E-state index is -3.75. The highest BCUT2D eigenvalue weighted by Gasteiger charge is 2.24. The van der Waals surface area contributed by atoms with Gasteiger partial charge in [-0.2, -0.15) is 0 Å². The molecule has 2 aromatic rings. The number of hydrogen-bond acceptors (Lipinski definition) is 4. The van der Waals surface area contributed by atoms with E-state index in [0.717, 1.165) is 5.33 Å². The van der Waals surface area contributed by atoms with Gasteiger partial charge in [0, 0.05) is 5.33 Å². The second kappa shape index (κ2) is 10.3. The van der Waals surface area contributed by atoms with Gasteiger partial charge in [0.15, 0.2) is 0 Å². The second-order valence-corrected chi connectivity index (χ2v) is 12.5. The van der Waals surface area contributed by atoms with Crippen LogP contribution in [0, 0.1) is 0 Å². The van der Waals surface area contributed by atoms with Crippen LogP contribution < -0.4 is 9.47 Å². The molecule has 0 N–H and O–H groups in total. The van der Waals surface area contributed by atoms with E-state index in [1.54, 1.807) is 0 Å². The number of benzene rings is 2. The molecule has 0 spiro atoms. The van der Waals surface area contributed by atoms with Gasteiger partial charge in [0.25, 0.3) is 0 Å². The molecule has 0 saturated carbocycles. The number of methoxy groups -OCH3 is 1. The van der Waals surface area contributed by atoms with Crippen LogP contribution in [0.25, 0.3) is 0 Å². The lowest BCUT2D eigenvalue weighted by Gasteiger charge is -2.15. The Morgan fingerprint density at radius 3 is 1.67 bits per heavy atom. The molecule has 2 aromatic carbocycles. The van der Waals surface area contributed by atoms with Gasteiger partial charge in [-0.1, -0.05) is 31.9 Å². The summed E-state index contributed by atoms with van der Waals surface area (Å²) in [7, 11) is -2.24. The van der Waals surface area contributed by atoms with Gasteiger partial charge in [-0.25, -0.2) is 8.42 Å². The third-order valence-corrected chi connectivity index (χ3v) is 9.65. The van der Waals surface area contributed by atoms with Crippen molar-refractivity contribution in [2.75, 3.05) is 19.0 Å². The summed E-state index contributed by atoms with van der Waals surface area (Å²) >= 11 is 20.3. The van der Waals surface area contributed by atoms with E-state index in [2.05, 4.69) is 95.6 Å². The summed E-state index contributed by atoms with van der Waals surface area (Å²) in [5.74, 6) is 1.06. The third-order valence-electron chi connectivity index (χ3n) is 3.34. The van der Waals surface area contributed by atoms with Crippen LogP contribution in [0.15, 0.2) is 51.9 Å². The summed E-state index contributed by atoms with van der Waals surface area (Å²) in [6.07, 6.45) is 0. The Morgan fingerprint density at radius 1 is 0.889 bits per heavy atom. The third kappa shape index (κ3) is 5.73. The van der Waals surface area contributed by atoms with E-state index < -0.39 is 9.84 Å². The molecule has 0 radical (unpaired) electrons. The molecule has 0 amide bonds. The molecule has 148 valence electrons. The van der Waals surface area contributed by atoms with Crippen molar-refractivity contribution >= 4 is 105 Å². The fourth-order valence-electron chi connectivity index (χ4n) is 2.07. The van der Waals surface area contributed by atoms with Crippen LogP contribution in [0.5, 0.6) is 11.5 Å². The number of ether oxygens (including phenoxy) is 2. The summed E-state index contributed by atoms with van der Waals surface area (Å²) in [6, 6.07) is 6.07. The van der Waals surface area contributed by atoms with Crippen molar-refractivity contribution < 1.29 is 17.9 Å². The lowest BCUT2D eigenvalue weighted by atomic mass is 10.3. The van der Waals surface area contributed by atoms with Crippen LogP contribution in [-0.2, 0) is 9.84 Å². The number of sulfone groups is 1. The van der Waals surface area contributed by atoms with E-state index in [1.807, 2.05) is 0 Å². The Hall–Kier alpha value is 0.870. The Kier molecular flexibility index (Phi) is 9.17. The maximum absolute atomic E-state index is 13.1. The van der Waals surface area contributed by atoms with Crippen molar-refractivity contribution in [3.8, 4) is 11.5 Å². The molecule has 0 saturated heterocycles. The molecular weight excluding hydrogens is 768 g/mol. The Balaban J connectivity index is 2.45. The summed E-state index contributed by atoms with van der Waals surface area (Å²) in [5, 5.41) is 0.732. The topological polar surface area (TPSA) is 52.6 Å². The average molecular weight is 780 g/mol. The van der Waals surface area contributed by atoms with Crippen molar-refractivity contribution in [1.82, 2.24) is 0 Å². The standard InChI is InChI=1S/C16H12Br6O4S/c1-25-15-11(19)2-9(3-12(15)20)27(23,24)10-4-13(21)16(14(22)5-10)26-7-8(18)6-17/h2-5,8H,6-7H2,1H3. The lowest BCUT2D eigenvalue weighted by Crippen LogP contribution is -2.13. The molecule has 27 heavy (non-hydrogen) atoms. The molecule has 0 bridgehead atoms. The molecule has 0 fully saturated rings. The Morgan fingerprint density at radius 2 is 1.30 bits per heavy atom. The molecule has 1 unspecified atom stereocenters. The number of alkyl halides is 2. The van der Waals surface area contributed by atoms with Crippen LogP contribution >= 0.6 is 95.6 Å². The van der Waals surface area contributed by atoms with Crippen LogP contribution in [0.1, 0.15) is 0 Å². The molecule has 4 nitrogen and oxygen atoms in total. The highest BCUT2D eigenvalue weighted by atomic mass is 79.9. The van der Waals surface area contributed by atoms with E-state index in [0.29, 0.717) is 36.0 Å². The molecule has 0 heterocycles. The summed E-state index contributed by atoms with van der Waals surface area (Å²) in [5.41, 5.74) is 0. The first-order valence-corrected chi connectivity index (χ1v) is 13.9. The smallest absolute Gasteiger partial charge is 0.206 e. The maximum atomic E-state index is 13.1. The van der Waals surface area contributed by atoms with Crippen LogP contribution in [0.4, 0.5) is 0 Å². The molecule has 0 aromatic heterocycles. The van der Waals surface area contributed by atoms with Gasteiger partial charge < -0.3 is 9.47 Å². The van der Waals surface area contributed by atoms with Gasteiger partial charge in [-0.3, -0.25) is 0 Å². The molecule has 1 atom stereocenters. The van der Waals surface area contributed by atoms with E-state index in [4.69, 9.17) is 9.47 Å². The largest absolute Gasteiger partial charge is 0.494 e. The SMILES string of the molecule is COc1c(Br)cc(S(=O)(=O)c2cc(Br)c(OCC(Br)CBr)c(Br)c2)cc1Br. The first-order valence-electron chi connectivity index (χ1n) is 7.21. The maximum Gasteiger partial charge on any atom is 0.206 e. The van der Waals surface area contributed by atoms with E-state index >= 15 is 0 Å². The molecule has 0 aliphatic carbocycles. The lowest BCUT2D eigenvalue weighted by molar-refractivity contribution is 0.321. The van der Waals surface area contributed by atoms with Crippen molar-refractivity contribution in [3.05, 3.63) is 42.2 Å². The molecule has 11 heteroatoms. The molecule has 2 rings (SSSR count). The monoisotopic (exact) mass is 774 g/mol. The zero-order valence-electron chi connectivity index (χ0n) is 13.6. The van der Waals surface area contributed by atoms with Gasteiger partial charge >= 0.3 is 0 Å². The fourth-order valence-corrected chi connectivity index (χ4v) is 7.29. The van der Waals surface area contributed by atoms with E-state index in [1.165, 1.54) is 31.4 Å². The minimum Gasteiger partial charge on any atom is -0.494 e. The molecule has 0 aliphatic rings. The van der Waals surface area contributed by atoms with Crippen LogP contribution in [0.3, 0.4) is 0 Å². The number of halogens is 6. The minimum absolute atomic E-state index is 0.133. The van der Waals surface area contributed by atoms with Crippen molar-refractivity contribution in [1.29, 1.82) is 0 Å². The number of rotatable bonds is 7. The van der Waals surface area contributed by atoms with Gasteiger partial charge in [0.05, 0.1) is 39.6 Å². The van der Waals surface area contributed by atoms with Crippen molar-refractivity contribution in [2.45, 2.75) is 14.6 Å². The second-order valence-electron chi connectivity index (χ2n) is 5.20. The molecule has 0 aliphatic heterocycles.